The predicted molar refractivity (Wildman–Crippen MR) is 212 cm³/mol. The van der Waals surface area contributed by atoms with Crippen LogP contribution in [0.5, 0.6) is 0 Å². The maximum absolute atomic E-state index is 2.38. The Hall–Kier alpha value is -6.44. The third-order valence-electron chi connectivity index (χ3n) is 10.2. The van der Waals surface area contributed by atoms with Crippen LogP contribution in [0.4, 0.5) is 17.1 Å². The average molecular weight is 622 g/mol. The zero-order chi connectivity index (χ0) is 32.3. The lowest BCUT2D eigenvalue weighted by molar-refractivity contribution is 1.28. The number of fused-ring (bicyclic) bond motifs is 12. The third kappa shape index (κ3) is 4.40. The van der Waals surface area contributed by atoms with Gasteiger partial charge in [0.15, 0.2) is 0 Å². The number of benzene rings is 10. The van der Waals surface area contributed by atoms with E-state index in [0.717, 1.165) is 17.1 Å². The molecule has 10 aromatic rings. The van der Waals surface area contributed by atoms with E-state index in [9.17, 15) is 0 Å². The number of hydrogen-bond acceptors (Lipinski definition) is 1. The molecule has 0 heterocycles. The van der Waals surface area contributed by atoms with Crippen molar-refractivity contribution in [2.45, 2.75) is 0 Å². The van der Waals surface area contributed by atoms with E-state index in [1.807, 2.05) is 0 Å². The number of para-hydroxylation sites is 2. The first-order valence-corrected chi connectivity index (χ1v) is 16.9. The fourth-order valence-corrected chi connectivity index (χ4v) is 7.94. The summed E-state index contributed by atoms with van der Waals surface area (Å²) in [7, 11) is 0. The molecule has 0 aromatic heterocycles. The minimum atomic E-state index is 1.13. The van der Waals surface area contributed by atoms with Gasteiger partial charge in [0.2, 0.25) is 0 Å². The Morgan fingerprint density at radius 1 is 0.245 bits per heavy atom. The number of nitrogens with zero attached hydrogens (tertiary/aromatic N) is 1. The Balaban J connectivity index is 1.13. The van der Waals surface area contributed by atoms with Crippen LogP contribution in [0.3, 0.4) is 0 Å². The predicted octanol–water partition coefficient (Wildman–Crippen LogP) is 13.7. The van der Waals surface area contributed by atoms with Crippen molar-refractivity contribution in [2.75, 3.05) is 4.90 Å². The lowest BCUT2D eigenvalue weighted by Gasteiger charge is -2.25. The van der Waals surface area contributed by atoms with Gasteiger partial charge in [0.25, 0.3) is 0 Å². The van der Waals surface area contributed by atoms with E-state index >= 15 is 0 Å². The molecule has 0 saturated carbocycles. The van der Waals surface area contributed by atoms with Crippen molar-refractivity contribution in [2.24, 2.45) is 0 Å². The fraction of sp³-hybridized carbons (Fsp3) is 0. The van der Waals surface area contributed by atoms with Crippen LogP contribution in [0.1, 0.15) is 0 Å². The van der Waals surface area contributed by atoms with Crippen molar-refractivity contribution < 1.29 is 0 Å². The molecule has 0 radical (unpaired) electrons. The van der Waals surface area contributed by atoms with Crippen LogP contribution >= 0.6 is 0 Å². The second-order valence-corrected chi connectivity index (χ2v) is 12.9. The first kappa shape index (κ1) is 27.7. The average Bonchev–Trinajstić information content (AvgIpc) is 3.18. The summed E-state index contributed by atoms with van der Waals surface area (Å²) in [6.45, 7) is 0. The van der Waals surface area contributed by atoms with Crippen molar-refractivity contribution in [3.63, 3.8) is 0 Å². The molecule has 49 heavy (non-hydrogen) atoms. The molecule has 0 N–H and O–H groups in total. The van der Waals surface area contributed by atoms with Crippen LogP contribution in [0.15, 0.2) is 188 Å². The molecule has 0 aliphatic heterocycles. The molecule has 10 rings (SSSR count). The Morgan fingerprint density at radius 3 is 1.35 bits per heavy atom. The lowest BCUT2D eigenvalue weighted by atomic mass is 9.88. The van der Waals surface area contributed by atoms with Gasteiger partial charge in [0.1, 0.15) is 0 Å². The number of rotatable bonds is 4. The van der Waals surface area contributed by atoms with Crippen LogP contribution < -0.4 is 4.90 Å². The minimum Gasteiger partial charge on any atom is -0.311 e. The first-order chi connectivity index (χ1) is 24.3. The highest BCUT2D eigenvalue weighted by atomic mass is 15.1. The Kier molecular flexibility index (Phi) is 6.25. The van der Waals surface area contributed by atoms with E-state index in [2.05, 4.69) is 193 Å². The number of anilines is 3. The molecule has 1 nitrogen and oxygen atoms in total. The molecular weight excluding hydrogens is 591 g/mol. The first-order valence-electron chi connectivity index (χ1n) is 16.9. The molecule has 0 saturated heterocycles. The molecule has 0 bridgehead atoms. The van der Waals surface area contributed by atoms with Gasteiger partial charge < -0.3 is 4.90 Å². The van der Waals surface area contributed by atoms with E-state index in [0.29, 0.717) is 0 Å². The molecule has 0 aliphatic carbocycles. The van der Waals surface area contributed by atoms with Gasteiger partial charge in [-0.1, -0.05) is 146 Å². The Bertz CT molecular complexity index is 2790. The molecule has 10 aromatic carbocycles. The summed E-state index contributed by atoms with van der Waals surface area (Å²) in [6, 6.07) is 68.6. The van der Waals surface area contributed by atoms with E-state index < -0.39 is 0 Å². The van der Waals surface area contributed by atoms with E-state index in [4.69, 9.17) is 0 Å². The molecule has 0 unspecified atom stereocenters. The molecule has 0 aliphatic rings. The summed E-state index contributed by atoms with van der Waals surface area (Å²) < 4.78 is 0. The van der Waals surface area contributed by atoms with Crippen molar-refractivity contribution in [1.29, 1.82) is 0 Å². The van der Waals surface area contributed by atoms with Crippen LogP contribution in [0.25, 0.3) is 75.8 Å². The summed E-state index contributed by atoms with van der Waals surface area (Å²) in [5.74, 6) is 0. The molecular formula is C48H31N. The number of hydrogen-bond donors (Lipinski definition) is 0. The maximum Gasteiger partial charge on any atom is 0.0462 e. The minimum absolute atomic E-state index is 1.13. The highest BCUT2D eigenvalue weighted by Crippen LogP contribution is 2.43. The van der Waals surface area contributed by atoms with Crippen LogP contribution in [-0.4, -0.2) is 0 Å². The van der Waals surface area contributed by atoms with Gasteiger partial charge in [-0.05, 0) is 118 Å². The standard InChI is InChI=1S/C48H31N/c1-3-12-35(13-4-1)49(36-14-5-2-6-15-36)37-23-19-32(20-24-37)34-22-26-43-46-30-28-42-41-25-21-33-11-7-8-16-38(33)40(41)27-29-45(42)48(46)44-18-10-9-17-39(44)47(43)31-34/h1-31H. The van der Waals surface area contributed by atoms with Gasteiger partial charge in [-0.2, -0.15) is 0 Å². The molecule has 228 valence electrons. The topological polar surface area (TPSA) is 3.24 Å². The second kappa shape index (κ2) is 11.1. The van der Waals surface area contributed by atoms with Gasteiger partial charge in [0, 0.05) is 17.1 Å². The summed E-state index contributed by atoms with van der Waals surface area (Å²) in [6.07, 6.45) is 0. The Morgan fingerprint density at radius 2 is 0.653 bits per heavy atom. The van der Waals surface area contributed by atoms with E-state index in [1.165, 1.54) is 75.8 Å². The lowest BCUT2D eigenvalue weighted by Crippen LogP contribution is -2.09. The maximum atomic E-state index is 2.38. The van der Waals surface area contributed by atoms with Crippen LogP contribution in [-0.2, 0) is 0 Å². The largest absolute Gasteiger partial charge is 0.311 e. The molecule has 0 spiro atoms. The Labute approximate surface area is 284 Å². The quantitative estimate of drug-likeness (QED) is 0.177. The fourth-order valence-electron chi connectivity index (χ4n) is 7.94. The summed E-state index contributed by atoms with van der Waals surface area (Å²) in [4.78, 5) is 2.31. The van der Waals surface area contributed by atoms with Gasteiger partial charge in [-0.15, -0.1) is 0 Å². The molecule has 0 atom stereocenters. The van der Waals surface area contributed by atoms with E-state index in [1.54, 1.807) is 0 Å². The van der Waals surface area contributed by atoms with Gasteiger partial charge >= 0.3 is 0 Å². The van der Waals surface area contributed by atoms with Gasteiger partial charge in [0.05, 0.1) is 0 Å². The third-order valence-corrected chi connectivity index (χ3v) is 10.2. The van der Waals surface area contributed by atoms with Crippen molar-refractivity contribution in [3.05, 3.63) is 188 Å². The smallest absolute Gasteiger partial charge is 0.0462 e. The molecule has 1 heteroatoms. The van der Waals surface area contributed by atoms with Gasteiger partial charge in [-0.25, -0.2) is 0 Å². The zero-order valence-corrected chi connectivity index (χ0v) is 26.8. The summed E-state index contributed by atoms with van der Waals surface area (Å²) >= 11 is 0. The molecule has 0 fully saturated rings. The summed E-state index contributed by atoms with van der Waals surface area (Å²) in [5.41, 5.74) is 5.82. The van der Waals surface area contributed by atoms with Crippen molar-refractivity contribution in [3.8, 4) is 11.1 Å². The SMILES string of the molecule is c1ccc(N(c2ccccc2)c2ccc(-c3ccc4c(c3)c3ccccc3c3c5ccc6c7ccccc7ccc6c5ccc43)cc2)cc1. The highest BCUT2D eigenvalue weighted by Gasteiger charge is 2.15. The van der Waals surface area contributed by atoms with Crippen molar-refractivity contribution in [1.82, 2.24) is 0 Å². The van der Waals surface area contributed by atoms with Crippen LogP contribution in [0.2, 0.25) is 0 Å². The van der Waals surface area contributed by atoms with E-state index in [-0.39, 0.29) is 0 Å². The van der Waals surface area contributed by atoms with Crippen LogP contribution in [0, 0.1) is 0 Å². The van der Waals surface area contributed by atoms with Crippen molar-refractivity contribution >= 4 is 81.7 Å². The van der Waals surface area contributed by atoms with Gasteiger partial charge in [-0.3, -0.25) is 0 Å². The normalized spacial score (nSPS) is 11.7. The molecule has 0 amide bonds. The second-order valence-electron chi connectivity index (χ2n) is 12.9. The summed E-state index contributed by atoms with van der Waals surface area (Å²) in [5, 5.41) is 15.6. The monoisotopic (exact) mass is 621 g/mol. The highest BCUT2D eigenvalue weighted by molar-refractivity contribution is 6.34. The zero-order valence-electron chi connectivity index (χ0n) is 26.8.